The van der Waals surface area contributed by atoms with E-state index < -0.39 is 0 Å². The predicted molar refractivity (Wildman–Crippen MR) is 138 cm³/mol. The highest BCUT2D eigenvalue weighted by atomic mass is 14.9. The first kappa shape index (κ1) is 20.6. The average molecular weight is 418 g/mol. The lowest BCUT2D eigenvalue weighted by Gasteiger charge is -2.23. The highest BCUT2D eigenvalue weighted by Gasteiger charge is 2.37. The van der Waals surface area contributed by atoms with Gasteiger partial charge < -0.3 is 5.32 Å². The molecule has 1 heteroatoms. The van der Waals surface area contributed by atoms with Crippen LogP contribution in [0.2, 0.25) is 0 Å². The minimum Gasteiger partial charge on any atom is -0.356 e. The molecule has 0 aliphatic heterocycles. The van der Waals surface area contributed by atoms with Crippen molar-refractivity contribution in [1.29, 1.82) is 0 Å². The zero-order chi connectivity index (χ0) is 22.5. The van der Waals surface area contributed by atoms with Gasteiger partial charge in [0.15, 0.2) is 0 Å². The zero-order valence-electron chi connectivity index (χ0n) is 19.7. The second-order valence-corrected chi connectivity index (χ2v) is 10.4. The Balaban J connectivity index is 1.72. The molecule has 32 heavy (non-hydrogen) atoms. The highest BCUT2D eigenvalue weighted by Crippen LogP contribution is 2.53. The molecule has 1 N–H and O–H groups in total. The van der Waals surface area contributed by atoms with Crippen LogP contribution < -0.4 is 5.32 Å². The van der Waals surface area contributed by atoms with E-state index in [2.05, 4.69) is 131 Å². The minimum atomic E-state index is -0.0413. The van der Waals surface area contributed by atoms with Crippen molar-refractivity contribution >= 4 is 11.4 Å². The van der Waals surface area contributed by atoms with Crippen molar-refractivity contribution in [3.63, 3.8) is 0 Å². The Kier molecular flexibility index (Phi) is 4.74. The van der Waals surface area contributed by atoms with Crippen LogP contribution in [0, 0.1) is 0 Å². The summed E-state index contributed by atoms with van der Waals surface area (Å²) in [5, 5.41) is 3.64. The third-order valence-corrected chi connectivity index (χ3v) is 6.81. The molecule has 1 nitrogen and oxygen atoms in total. The Morgan fingerprint density at radius 3 is 1.97 bits per heavy atom. The molecule has 0 atom stereocenters. The molecule has 4 aromatic carbocycles. The van der Waals surface area contributed by atoms with E-state index in [0.29, 0.717) is 0 Å². The fraction of sp³-hybridized carbons (Fsp3) is 0.226. The molecule has 0 radical (unpaired) electrons. The summed E-state index contributed by atoms with van der Waals surface area (Å²) in [6.45, 7) is 11.5. The van der Waals surface area contributed by atoms with Crippen LogP contribution in [-0.2, 0) is 10.8 Å². The molecule has 5 rings (SSSR count). The molecule has 0 bridgehead atoms. The van der Waals surface area contributed by atoms with Crippen LogP contribution in [0.5, 0.6) is 0 Å². The van der Waals surface area contributed by atoms with Crippen LogP contribution in [-0.4, -0.2) is 0 Å². The second kappa shape index (κ2) is 7.38. The Morgan fingerprint density at radius 2 is 1.28 bits per heavy atom. The van der Waals surface area contributed by atoms with Crippen LogP contribution in [0.3, 0.4) is 0 Å². The van der Waals surface area contributed by atoms with E-state index in [1.54, 1.807) is 0 Å². The summed E-state index contributed by atoms with van der Waals surface area (Å²) >= 11 is 0. The lowest BCUT2D eigenvalue weighted by Crippen LogP contribution is -2.15. The lowest BCUT2D eigenvalue weighted by atomic mass is 9.81. The quantitative estimate of drug-likeness (QED) is 0.351. The fourth-order valence-electron chi connectivity index (χ4n) is 4.95. The van der Waals surface area contributed by atoms with Crippen LogP contribution in [0.1, 0.15) is 51.3 Å². The Bertz CT molecular complexity index is 1270. The fourth-order valence-corrected chi connectivity index (χ4v) is 4.95. The summed E-state index contributed by atoms with van der Waals surface area (Å²) in [4.78, 5) is 0. The third-order valence-electron chi connectivity index (χ3n) is 6.81. The van der Waals surface area contributed by atoms with E-state index >= 15 is 0 Å². The zero-order valence-corrected chi connectivity index (χ0v) is 19.7. The van der Waals surface area contributed by atoms with Crippen LogP contribution in [0.25, 0.3) is 22.3 Å². The number of hydrogen-bond donors (Lipinski definition) is 1. The van der Waals surface area contributed by atoms with Gasteiger partial charge in [0.25, 0.3) is 0 Å². The summed E-state index contributed by atoms with van der Waals surface area (Å²) in [5.41, 5.74) is 11.8. The average Bonchev–Trinajstić information content (AvgIpc) is 3.01. The molecular weight excluding hydrogens is 386 g/mol. The second-order valence-electron chi connectivity index (χ2n) is 10.4. The molecule has 0 fully saturated rings. The molecular formula is C31H31N. The maximum Gasteiger partial charge on any atom is 0.0393 e. The van der Waals surface area contributed by atoms with Crippen molar-refractivity contribution in [2.24, 2.45) is 0 Å². The molecule has 0 amide bonds. The summed E-state index contributed by atoms with van der Waals surface area (Å²) in [6.07, 6.45) is 0. The summed E-state index contributed by atoms with van der Waals surface area (Å²) in [7, 11) is 0. The van der Waals surface area contributed by atoms with E-state index in [1.165, 1.54) is 38.9 Å². The molecule has 1 aliphatic rings. The summed E-state index contributed by atoms with van der Waals surface area (Å²) in [5.74, 6) is 0. The number of fused-ring (bicyclic) bond motifs is 3. The van der Waals surface area contributed by atoms with E-state index in [-0.39, 0.29) is 10.8 Å². The predicted octanol–water partition coefficient (Wildman–Crippen LogP) is 8.70. The topological polar surface area (TPSA) is 12.0 Å². The number of anilines is 2. The molecule has 0 spiro atoms. The Hall–Kier alpha value is -3.32. The van der Waals surface area contributed by atoms with E-state index in [1.807, 2.05) is 0 Å². The molecule has 1 aliphatic carbocycles. The van der Waals surface area contributed by atoms with Crippen molar-refractivity contribution in [3.8, 4) is 22.3 Å². The van der Waals surface area contributed by atoms with Gasteiger partial charge in [-0.1, -0.05) is 101 Å². The summed E-state index contributed by atoms with van der Waals surface area (Å²) < 4.78 is 0. The Morgan fingerprint density at radius 1 is 0.625 bits per heavy atom. The smallest absolute Gasteiger partial charge is 0.0393 e. The Labute approximate surface area is 192 Å². The van der Waals surface area contributed by atoms with Crippen LogP contribution in [0.15, 0.2) is 91.0 Å². The molecule has 160 valence electrons. The standard InChI is InChI=1S/C31H31N/c1-30(2,3)22-17-15-21(16-18-22)26-19-24(32-23-11-7-6-8-12-23)20-28-29(26)25-13-9-10-14-27(25)31(28,4)5/h6-20,32H,1-5H3. The van der Waals surface area contributed by atoms with E-state index in [4.69, 9.17) is 0 Å². The van der Waals surface area contributed by atoms with Gasteiger partial charge in [0, 0.05) is 16.8 Å². The van der Waals surface area contributed by atoms with Gasteiger partial charge in [-0.05, 0) is 68.6 Å². The molecule has 0 heterocycles. The number of para-hydroxylation sites is 1. The maximum atomic E-state index is 3.64. The minimum absolute atomic E-state index is 0.0413. The van der Waals surface area contributed by atoms with Crippen molar-refractivity contribution in [3.05, 3.63) is 108 Å². The van der Waals surface area contributed by atoms with Crippen LogP contribution in [0.4, 0.5) is 11.4 Å². The van der Waals surface area contributed by atoms with Gasteiger partial charge in [-0.2, -0.15) is 0 Å². The van der Waals surface area contributed by atoms with Gasteiger partial charge in [0.05, 0.1) is 0 Å². The number of nitrogens with one attached hydrogen (secondary N) is 1. The SMILES string of the molecule is CC(C)(C)c1ccc(-c2cc(Nc3ccccc3)cc3c2-c2ccccc2C3(C)C)cc1. The molecule has 4 aromatic rings. The van der Waals surface area contributed by atoms with Gasteiger partial charge >= 0.3 is 0 Å². The van der Waals surface area contributed by atoms with Crippen molar-refractivity contribution in [2.75, 3.05) is 5.32 Å². The molecule has 0 saturated carbocycles. The van der Waals surface area contributed by atoms with Crippen molar-refractivity contribution < 1.29 is 0 Å². The monoisotopic (exact) mass is 417 g/mol. The van der Waals surface area contributed by atoms with Gasteiger partial charge in [-0.25, -0.2) is 0 Å². The largest absolute Gasteiger partial charge is 0.356 e. The van der Waals surface area contributed by atoms with Gasteiger partial charge in [-0.15, -0.1) is 0 Å². The maximum absolute atomic E-state index is 3.64. The number of benzene rings is 4. The van der Waals surface area contributed by atoms with Crippen molar-refractivity contribution in [1.82, 2.24) is 0 Å². The molecule has 0 aromatic heterocycles. The first-order valence-corrected chi connectivity index (χ1v) is 11.5. The first-order valence-electron chi connectivity index (χ1n) is 11.5. The molecule has 0 unspecified atom stereocenters. The first-order chi connectivity index (χ1) is 15.2. The van der Waals surface area contributed by atoms with Crippen molar-refractivity contribution in [2.45, 2.75) is 45.4 Å². The summed E-state index contributed by atoms with van der Waals surface area (Å²) in [6, 6.07) is 33.1. The van der Waals surface area contributed by atoms with E-state index in [0.717, 1.165) is 11.4 Å². The number of hydrogen-bond acceptors (Lipinski definition) is 1. The molecule has 0 saturated heterocycles. The normalized spacial score (nSPS) is 14.0. The highest BCUT2D eigenvalue weighted by molar-refractivity contribution is 5.94. The van der Waals surface area contributed by atoms with Gasteiger partial charge in [-0.3, -0.25) is 0 Å². The lowest BCUT2D eigenvalue weighted by molar-refractivity contribution is 0.590. The van der Waals surface area contributed by atoms with E-state index in [9.17, 15) is 0 Å². The third kappa shape index (κ3) is 3.42. The number of rotatable bonds is 3. The van der Waals surface area contributed by atoms with Crippen LogP contribution >= 0.6 is 0 Å². The van der Waals surface area contributed by atoms with Gasteiger partial charge in [0.1, 0.15) is 0 Å². The van der Waals surface area contributed by atoms with Gasteiger partial charge in [0.2, 0.25) is 0 Å².